The highest BCUT2D eigenvalue weighted by Crippen LogP contribution is 2.35. The Kier molecular flexibility index (Phi) is 5.23. The van der Waals surface area contributed by atoms with Crippen LogP contribution < -0.4 is 15.2 Å². The fourth-order valence-electron chi connectivity index (χ4n) is 1.73. The predicted octanol–water partition coefficient (Wildman–Crippen LogP) is 3.54. The first-order valence-electron chi connectivity index (χ1n) is 5.93. The van der Waals surface area contributed by atoms with E-state index in [2.05, 4.69) is 20.9 Å². The van der Waals surface area contributed by atoms with Crippen molar-refractivity contribution in [3.05, 3.63) is 51.2 Å². The van der Waals surface area contributed by atoms with Crippen LogP contribution in [-0.2, 0) is 13.2 Å². The van der Waals surface area contributed by atoms with Gasteiger partial charge >= 0.3 is 0 Å². The number of rotatable bonds is 5. The van der Waals surface area contributed by atoms with E-state index in [0.717, 1.165) is 15.7 Å². The Balaban J connectivity index is 2.21. The normalized spacial score (nSPS) is 10.4. The van der Waals surface area contributed by atoms with Crippen molar-refractivity contribution in [2.45, 2.75) is 13.2 Å². The Hall–Kier alpha value is -1.30. The minimum atomic E-state index is 0.319. The van der Waals surface area contributed by atoms with Gasteiger partial charge in [-0.2, -0.15) is 0 Å². The van der Waals surface area contributed by atoms with Gasteiger partial charge in [0.1, 0.15) is 6.61 Å². The highest BCUT2D eigenvalue weighted by molar-refractivity contribution is 9.10. The lowest BCUT2D eigenvalue weighted by molar-refractivity contribution is 0.277. The van der Waals surface area contributed by atoms with Gasteiger partial charge in [-0.15, -0.1) is 0 Å². The van der Waals surface area contributed by atoms with Crippen LogP contribution in [0.15, 0.2) is 34.9 Å². The minimum absolute atomic E-state index is 0.319. The number of hydrogen-bond acceptors (Lipinski definition) is 4. The summed E-state index contributed by atoms with van der Waals surface area (Å²) in [7, 11) is 1.57. The Morgan fingerprint density at radius 1 is 1.35 bits per heavy atom. The van der Waals surface area contributed by atoms with Gasteiger partial charge < -0.3 is 15.2 Å². The third-order valence-electron chi connectivity index (χ3n) is 2.69. The summed E-state index contributed by atoms with van der Waals surface area (Å²) in [6.07, 6.45) is 1.72. The van der Waals surface area contributed by atoms with Gasteiger partial charge in [-0.25, -0.2) is 0 Å². The summed E-state index contributed by atoms with van der Waals surface area (Å²) in [4.78, 5) is 4.25. The van der Waals surface area contributed by atoms with Crippen LogP contribution >= 0.6 is 27.5 Å². The molecule has 0 spiro atoms. The molecule has 6 heteroatoms. The molecule has 0 saturated heterocycles. The van der Waals surface area contributed by atoms with Crippen molar-refractivity contribution in [1.82, 2.24) is 4.98 Å². The molecule has 1 aromatic carbocycles. The number of halogens is 2. The van der Waals surface area contributed by atoms with Crippen molar-refractivity contribution in [2.75, 3.05) is 7.11 Å². The molecule has 2 N–H and O–H groups in total. The maximum Gasteiger partial charge on any atom is 0.166 e. The largest absolute Gasteiger partial charge is 0.493 e. The first-order chi connectivity index (χ1) is 9.63. The maximum absolute atomic E-state index is 6.01. The van der Waals surface area contributed by atoms with E-state index in [1.54, 1.807) is 25.4 Å². The lowest BCUT2D eigenvalue weighted by Crippen LogP contribution is -2.05. The Bertz CT molecular complexity index is 565. The summed E-state index contributed by atoms with van der Waals surface area (Å²) in [6, 6.07) is 7.27. The van der Waals surface area contributed by atoms with Gasteiger partial charge in [0.2, 0.25) is 0 Å². The summed E-state index contributed by atoms with van der Waals surface area (Å²) in [5.41, 5.74) is 7.33. The molecule has 0 bridgehead atoms. The molecule has 2 aromatic rings. The number of ether oxygens (including phenoxy) is 2. The lowest BCUT2D eigenvalue weighted by Gasteiger charge is -2.14. The molecule has 4 nitrogen and oxygen atoms in total. The first kappa shape index (κ1) is 15.1. The summed E-state index contributed by atoms with van der Waals surface area (Å²) in [5, 5.41) is 0.566. The number of nitrogens with two attached hydrogens (primary N) is 1. The SMILES string of the molecule is COc1cc(Cl)cc(CN)c1OCc1ccc(Br)cn1. The van der Waals surface area contributed by atoms with Gasteiger partial charge in [0, 0.05) is 33.9 Å². The van der Waals surface area contributed by atoms with Gasteiger partial charge in [-0.3, -0.25) is 4.98 Å². The highest BCUT2D eigenvalue weighted by atomic mass is 79.9. The van der Waals surface area contributed by atoms with Crippen LogP contribution in [0.25, 0.3) is 0 Å². The van der Waals surface area contributed by atoms with Crippen LogP contribution in [0.4, 0.5) is 0 Å². The average Bonchev–Trinajstić information content (AvgIpc) is 2.46. The maximum atomic E-state index is 6.01. The van der Waals surface area contributed by atoms with Crippen LogP contribution in [0.5, 0.6) is 11.5 Å². The zero-order valence-electron chi connectivity index (χ0n) is 10.9. The molecule has 0 atom stereocenters. The Morgan fingerprint density at radius 2 is 2.15 bits per heavy atom. The number of methoxy groups -OCH3 is 1. The molecular formula is C14H14BrClN2O2. The number of nitrogens with zero attached hydrogens (tertiary/aromatic N) is 1. The summed E-state index contributed by atoms with van der Waals surface area (Å²) >= 11 is 9.35. The van der Waals surface area contributed by atoms with Crippen LogP contribution in [0.3, 0.4) is 0 Å². The monoisotopic (exact) mass is 356 g/mol. The molecule has 0 aliphatic carbocycles. The lowest BCUT2D eigenvalue weighted by atomic mass is 10.2. The van der Waals surface area contributed by atoms with E-state index in [9.17, 15) is 0 Å². The predicted molar refractivity (Wildman–Crippen MR) is 82.2 cm³/mol. The molecule has 0 fully saturated rings. The second-order valence-electron chi connectivity index (χ2n) is 4.06. The van der Waals surface area contributed by atoms with E-state index in [4.69, 9.17) is 26.8 Å². The minimum Gasteiger partial charge on any atom is -0.493 e. The molecule has 0 aliphatic rings. The summed E-state index contributed by atoms with van der Waals surface area (Å²) in [5.74, 6) is 1.17. The molecule has 1 aromatic heterocycles. The number of pyridine rings is 1. The summed E-state index contributed by atoms with van der Waals surface area (Å²) < 4.78 is 12.0. The van der Waals surface area contributed by atoms with E-state index in [1.165, 1.54) is 0 Å². The highest BCUT2D eigenvalue weighted by Gasteiger charge is 2.12. The molecule has 0 unspecified atom stereocenters. The topological polar surface area (TPSA) is 57.4 Å². The van der Waals surface area contributed by atoms with Crippen molar-refractivity contribution in [1.29, 1.82) is 0 Å². The van der Waals surface area contributed by atoms with Crippen LogP contribution in [0.2, 0.25) is 5.02 Å². The molecule has 0 saturated carbocycles. The Morgan fingerprint density at radius 3 is 2.75 bits per heavy atom. The van der Waals surface area contributed by atoms with Crippen molar-refractivity contribution in [3.63, 3.8) is 0 Å². The average molecular weight is 358 g/mol. The molecule has 0 amide bonds. The van der Waals surface area contributed by atoms with Gasteiger partial charge in [-0.05, 0) is 34.1 Å². The van der Waals surface area contributed by atoms with Crippen LogP contribution in [0, 0.1) is 0 Å². The van der Waals surface area contributed by atoms with E-state index < -0.39 is 0 Å². The number of benzene rings is 1. The van der Waals surface area contributed by atoms with Crippen molar-refractivity contribution in [3.8, 4) is 11.5 Å². The fraction of sp³-hybridized carbons (Fsp3) is 0.214. The van der Waals surface area contributed by atoms with Gasteiger partial charge in [0.25, 0.3) is 0 Å². The smallest absolute Gasteiger partial charge is 0.166 e. The van der Waals surface area contributed by atoms with Gasteiger partial charge in [-0.1, -0.05) is 11.6 Å². The van der Waals surface area contributed by atoms with E-state index >= 15 is 0 Å². The standard InChI is InChI=1S/C14H14BrClN2O2/c1-19-13-5-11(16)4-9(6-17)14(13)20-8-12-3-2-10(15)7-18-12/h2-5,7H,6,8,17H2,1H3. The molecule has 106 valence electrons. The molecule has 0 aliphatic heterocycles. The van der Waals surface area contributed by atoms with Crippen molar-refractivity contribution in [2.24, 2.45) is 5.73 Å². The second-order valence-corrected chi connectivity index (χ2v) is 5.41. The summed E-state index contributed by atoms with van der Waals surface area (Å²) in [6.45, 7) is 0.651. The molecule has 20 heavy (non-hydrogen) atoms. The third-order valence-corrected chi connectivity index (χ3v) is 3.38. The van der Waals surface area contributed by atoms with Crippen molar-refractivity contribution < 1.29 is 9.47 Å². The van der Waals surface area contributed by atoms with Crippen molar-refractivity contribution >= 4 is 27.5 Å². The van der Waals surface area contributed by atoms with Gasteiger partial charge in [0.15, 0.2) is 11.5 Å². The zero-order valence-corrected chi connectivity index (χ0v) is 13.2. The third kappa shape index (κ3) is 3.62. The van der Waals surface area contributed by atoms with Crippen LogP contribution in [0.1, 0.15) is 11.3 Å². The van der Waals surface area contributed by atoms with E-state index in [1.807, 2.05) is 12.1 Å². The molecule has 0 radical (unpaired) electrons. The van der Waals surface area contributed by atoms with Crippen LogP contribution in [-0.4, -0.2) is 12.1 Å². The molecular weight excluding hydrogens is 344 g/mol. The molecule has 1 heterocycles. The second kappa shape index (κ2) is 6.92. The Labute approximate surface area is 131 Å². The molecule has 2 rings (SSSR count). The van der Waals surface area contributed by atoms with Gasteiger partial charge in [0.05, 0.1) is 12.8 Å². The number of aromatic nitrogens is 1. The fourth-order valence-corrected chi connectivity index (χ4v) is 2.19. The number of hydrogen-bond donors (Lipinski definition) is 1. The quantitative estimate of drug-likeness (QED) is 0.889. The van der Waals surface area contributed by atoms with E-state index in [0.29, 0.717) is 29.7 Å². The zero-order chi connectivity index (χ0) is 14.5. The van der Waals surface area contributed by atoms with E-state index in [-0.39, 0.29) is 0 Å². The first-order valence-corrected chi connectivity index (χ1v) is 7.11.